The van der Waals surface area contributed by atoms with Crippen LogP contribution in [0.2, 0.25) is 0 Å². The molecule has 1 unspecified atom stereocenters. The second-order valence-electron chi connectivity index (χ2n) is 2.61. The van der Waals surface area contributed by atoms with Crippen LogP contribution in [0.4, 0.5) is 13.2 Å². The molecule has 1 aromatic carbocycles. The van der Waals surface area contributed by atoms with Crippen molar-refractivity contribution in [1.82, 2.24) is 0 Å². The molecule has 1 fully saturated rings. The number of ether oxygens (including phenoxy) is 1. The second-order valence-corrected chi connectivity index (χ2v) is 2.61. The Morgan fingerprint density at radius 2 is 1.67 bits per heavy atom. The summed E-state index contributed by atoms with van der Waals surface area (Å²) in [7, 11) is 0. The normalized spacial score (nSPS) is 21.1. The van der Waals surface area contributed by atoms with E-state index in [1.54, 1.807) is 0 Å². The van der Waals surface area contributed by atoms with Gasteiger partial charge in [0.25, 0.3) is 0 Å². The molecule has 1 aromatic rings. The molecule has 0 bridgehead atoms. The van der Waals surface area contributed by atoms with Crippen molar-refractivity contribution in [3.05, 3.63) is 35.1 Å². The molecule has 0 saturated carbocycles. The monoisotopic (exact) mass is 174 g/mol. The van der Waals surface area contributed by atoms with Crippen LogP contribution in [0.1, 0.15) is 11.7 Å². The molecule has 1 atom stereocenters. The van der Waals surface area contributed by atoms with Crippen LogP contribution in [0.3, 0.4) is 0 Å². The molecule has 0 aromatic heterocycles. The van der Waals surface area contributed by atoms with E-state index in [0.717, 1.165) is 6.07 Å². The third kappa shape index (κ3) is 1.18. The van der Waals surface area contributed by atoms with Crippen molar-refractivity contribution >= 4 is 0 Å². The number of hydrogen-bond acceptors (Lipinski definition) is 1. The molecule has 2 rings (SSSR count). The molecule has 1 heterocycles. The zero-order valence-electron chi connectivity index (χ0n) is 5.98. The lowest BCUT2D eigenvalue weighted by molar-refractivity contribution is 0.403. The lowest BCUT2D eigenvalue weighted by Crippen LogP contribution is -1.93. The summed E-state index contributed by atoms with van der Waals surface area (Å²) in [6.07, 6.45) is -0.389. The van der Waals surface area contributed by atoms with E-state index in [4.69, 9.17) is 4.74 Å². The van der Waals surface area contributed by atoms with Gasteiger partial charge >= 0.3 is 0 Å². The third-order valence-electron chi connectivity index (χ3n) is 1.72. The van der Waals surface area contributed by atoms with E-state index < -0.39 is 17.5 Å². The smallest absolute Gasteiger partial charge is 0.161 e. The van der Waals surface area contributed by atoms with Gasteiger partial charge in [0.1, 0.15) is 11.9 Å². The molecule has 0 amide bonds. The molecule has 1 aliphatic heterocycles. The van der Waals surface area contributed by atoms with Gasteiger partial charge in [-0.2, -0.15) is 0 Å². The minimum absolute atomic E-state index is 0.0916. The van der Waals surface area contributed by atoms with Gasteiger partial charge in [0.15, 0.2) is 11.6 Å². The molecule has 1 saturated heterocycles. The highest BCUT2D eigenvalue weighted by atomic mass is 19.2. The molecule has 1 nitrogen and oxygen atoms in total. The Labute approximate surface area is 66.8 Å². The van der Waals surface area contributed by atoms with E-state index in [1.165, 1.54) is 0 Å². The summed E-state index contributed by atoms with van der Waals surface area (Å²) < 4.78 is 42.5. The largest absolute Gasteiger partial charge is 0.368 e. The van der Waals surface area contributed by atoms with E-state index in [2.05, 4.69) is 0 Å². The Morgan fingerprint density at radius 3 is 2.25 bits per heavy atom. The van der Waals surface area contributed by atoms with E-state index in [1.807, 2.05) is 0 Å². The van der Waals surface area contributed by atoms with Crippen LogP contribution >= 0.6 is 0 Å². The first-order chi connectivity index (χ1) is 5.68. The van der Waals surface area contributed by atoms with Crippen molar-refractivity contribution in [2.24, 2.45) is 0 Å². The Morgan fingerprint density at radius 1 is 1.08 bits per heavy atom. The number of halogens is 3. The van der Waals surface area contributed by atoms with Gasteiger partial charge in [0, 0.05) is 11.6 Å². The fraction of sp³-hybridized carbons (Fsp3) is 0.250. The summed E-state index contributed by atoms with van der Waals surface area (Å²) in [5.41, 5.74) is 0.0916. The molecule has 0 aliphatic carbocycles. The minimum Gasteiger partial charge on any atom is -0.368 e. The molecule has 64 valence electrons. The predicted molar refractivity (Wildman–Crippen MR) is 35.0 cm³/mol. The van der Waals surface area contributed by atoms with Crippen molar-refractivity contribution in [3.63, 3.8) is 0 Å². The summed E-state index contributed by atoms with van der Waals surface area (Å²) in [5.74, 6) is -2.96. The maximum absolute atomic E-state index is 12.8. The second kappa shape index (κ2) is 2.48. The molecule has 12 heavy (non-hydrogen) atoms. The van der Waals surface area contributed by atoms with Crippen LogP contribution in [0, 0.1) is 17.5 Å². The number of benzene rings is 1. The maximum atomic E-state index is 12.8. The van der Waals surface area contributed by atoms with Crippen molar-refractivity contribution in [2.45, 2.75) is 6.10 Å². The predicted octanol–water partition coefficient (Wildman–Crippen LogP) is 2.18. The fourth-order valence-corrected chi connectivity index (χ4v) is 1.01. The van der Waals surface area contributed by atoms with Gasteiger partial charge in [-0.25, -0.2) is 13.2 Å². The van der Waals surface area contributed by atoms with Gasteiger partial charge in [0.2, 0.25) is 0 Å². The van der Waals surface area contributed by atoms with Crippen molar-refractivity contribution in [2.75, 3.05) is 6.61 Å². The van der Waals surface area contributed by atoms with E-state index in [0.29, 0.717) is 12.7 Å². The lowest BCUT2D eigenvalue weighted by atomic mass is 10.1. The van der Waals surface area contributed by atoms with E-state index in [9.17, 15) is 13.2 Å². The quantitative estimate of drug-likeness (QED) is 0.469. The standard InChI is InChI=1S/C8H5F3O/c9-5-2-7(11)6(10)1-4(5)8-3-12-8/h1-2,8H,3H2. The topological polar surface area (TPSA) is 12.5 Å². The Bertz CT molecular complexity index is 320. The average Bonchev–Trinajstić information content (AvgIpc) is 2.79. The number of hydrogen-bond donors (Lipinski definition) is 0. The van der Waals surface area contributed by atoms with Crippen LogP contribution < -0.4 is 0 Å². The number of rotatable bonds is 1. The summed E-state index contributed by atoms with van der Waals surface area (Å²) in [6.45, 7) is 0.377. The van der Waals surface area contributed by atoms with Crippen LogP contribution in [0.25, 0.3) is 0 Å². The first-order valence-corrected chi connectivity index (χ1v) is 3.44. The van der Waals surface area contributed by atoms with E-state index in [-0.39, 0.29) is 11.7 Å². The molecular weight excluding hydrogens is 169 g/mol. The Balaban J connectivity index is 2.47. The summed E-state index contributed by atoms with van der Waals surface area (Å²) in [5, 5.41) is 0. The molecule has 4 heteroatoms. The minimum atomic E-state index is -1.17. The van der Waals surface area contributed by atoms with Crippen molar-refractivity contribution < 1.29 is 17.9 Å². The van der Waals surface area contributed by atoms with Crippen molar-refractivity contribution in [3.8, 4) is 0 Å². The Hall–Kier alpha value is -1.03. The Kier molecular flexibility index (Phi) is 1.58. The van der Waals surface area contributed by atoms with Crippen LogP contribution in [-0.2, 0) is 4.74 Å². The van der Waals surface area contributed by atoms with Gasteiger partial charge in [-0.3, -0.25) is 0 Å². The van der Waals surface area contributed by atoms with Gasteiger partial charge in [0.05, 0.1) is 6.61 Å². The van der Waals surface area contributed by atoms with Crippen molar-refractivity contribution in [1.29, 1.82) is 0 Å². The number of epoxide rings is 1. The summed E-state index contributed by atoms with van der Waals surface area (Å²) >= 11 is 0. The molecular formula is C8H5F3O. The summed E-state index contributed by atoms with van der Waals surface area (Å²) in [4.78, 5) is 0. The molecule has 0 spiro atoms. The van der Waals surface area contributed by atoms with Crippen LogP contribution in [0.15, 0.2) is 12.1 Å². The average molecular weight is 174 g/mol. The molecule has 1 aliphatic rings. The first kappa shape index (κ1) is 7.61. The highest BCUT2D eigenvalue weighted by Gasteiger charge is 2.29. The van der Waals surface area contributed by atoms with E-state index >= 15 is 0 Å². The first-order valence-electron chi connectivity index (χ1n) is 3.44. The van der Waals surface area contributed by atoms with Crippen LogP contribution in [0.5, 0.6) is 0 Å². The lowest BCUT2D eigenvalue weighted by Gasteiger charge is -1.99. The zero-order valence-corrected chi connectivity index (χ0v) is 5.98. The zero-order chi connectivity index (χ0) is 8.72. The van der Waals surface area contributed by atoms with Crippen LogP contribution in [-0.4, -0.2) is 6.61 Å². The highest BCUT2D eigenvalue weighted by molar-refractivity contribution is 5.24. The SMILES string of the molecule is Fc1cc(F)c(C2CO2)cc1F. The van der Waals surface area contributed by atoms with Gasteiger partial charge in [-0.05, 0) is 6.07 Å². The fourth-order valence-electron chi connectivity index (χ4n) is 1.01. The van der Waals surface area contributed by atoms with Gasteiger partial charge in [-0.1, -0.05) is 0 Å². The highest BCUT2D eigenvalue weighted by Crippen LogP contribution is 2.32. The van der Waals surface area contributed by atoms with Gasteiger partial charge < -0.3 is 4.74 Å². The maximum Gasteiger partial charge on any atom is 0.161 e. The molecule has 0 N–H and O–H groups in total. The summed E-state index contributed by atoms with van der Waals surface area (Å²) in [6, 6.07) is 1.37. The van der Waals surface area contributed by atoms with Gasteiger partial charge in [-0.15, -0.1) is 0 Å². The third-order valence-corrected chi connectivity index (χ3v) is 1.72. The molecule has 0 radical (unpaired) electrons.